The minimum Gasteiger partial charge on any atom is -0.380 e. The van der Waals surface area contributed by atoms with E-state index in [1.165, 1.54) is 0 Å². The summed E-state index contributed by atoms with van der Waals surface area (Å²) in [6.45, 7) is 5.55. The van der Waals surface area contributed by atoms with Crippen molar-refractivity contribution in [3.63, 3.8) is 0 Å². The molecule has 2 aromatic heterocycles. The number of likely N-dealkylation sites (tertiary alicyclic amines) is 1. The number of aromatic nitrogens is 2. The smallest absolute Gasteiger partial charge is 0.211 e. The van der Waals surface area contributed by atoms with Gasteiger partial charge in [0.1, 0.15) is 5.60 Å². The van der Waals surface area contributed by atoms with Crippen LogP contribution in [0, 0.1) is 5.92 Å². The van der Waals surface area contributed by atoms with E-state index >= 15 is 0 Å². The normalized spacial score (nSPS) is 22.2. The van der Waals surface area contributed by atoms with Crippen LogP contribution in [0.5, 0.6) is 0 Å². The van der Waals surface area contributed by atoms with E-state index in [0.29, 0.717) is 17.8 Å². The fraction of sp³-hybridized carbons (Fsp3) is 0.583. The number of fused-ring (bicyclic) bond motifs is 2. The maximum Gasteiger partial charge on any atom is 0.211 e. The number of carbonyl (C=O) groups excluding carboxylic acids is 1. The Hall–Kier alpha value is -2.06. The first-order chi connectivity index (χ1) is 14.8. The number of hydrogen-bond donors (Lipinski definition) is 1. The van der Waals surface area contributed by atoms with Gasteiger partial charge in [0.25, 0.3) is 0 Å². The molecular weight excluding hydrogens is 390 g/mol. The van der Waals surface area contributed by atoms with E-state index in [4.69, 9.17) is 0 Å². The van der Waals surface area contributed by atoms with Crippen molar-refractivity contribution in [1.29, 1.82) is 0 Å². The molecule has 7 heteroatoms. The van der Waals surface area contributed by atoms with Crippen molar-refractivity contribution in [3.05, 3.63) is 53.1 Å². The average Bonchev–Trinajstić information content (AvgIpc) is 3.20. The Morgan fingerprint density at radius 2 is 1.74 bits per heavy atom. The fourth-order valence-electron chi connectivity index (χ4n) is 5.06. The topological polar surface area (TPSA) is 64.8 Å². The lowest BCUT2D eigenvalue weighted by Gasteiger charge is -2.44. The highest BCUT2D eigenvalue weighted by Gasteiger charge is 2.49. The average molecular weight is 426 g/mol. The molecule has 1 unspecified atom stereocenters. The monoisotopic (exact) mass is 425 g/mol. The summed E-state index contributed by atoms with van der Waals surface area (Å²) in [4.78, 5) is 24.4. The number of likely N-dealkylation sites (N-methyl/N-ethyl adjacent to an activating group) is 2. The molecule has 0 aromatic carbocycles. The highest BCUT2D eigenvalue weighted by Crippen LogP contribution is 2.48. The summed E-state index contributed by atoms with van der Waals surface area (Å²) in [5, 5.41) is 12.3. The first-order valence-electron chi connectivity index (χ1n) is 11.3. The number of ketones is 1. The van der Waals surface area contributed by atoms with E-state index in [1.54, 1.807) is 12.4 Å². The van der Waals surface area contributed by atoms with Crippen LogP contribution in [0.4, 0.5) is 0 Å². The maximum absolute atomic E-state index is 13.4. The van der Waals surface area contributed by atoms with E-state index in [1.807, 2.05) is 37.0 Å². The van der Waals surface area contributed by atoms with Gasteiger partial charge in [-0.15, -0.1) is 0 Å². The van der Waals surface area contributed by atoms with Gasteiger partial charge >= 0.3 is 0 Å². The highest BCUT2D eigenvalue weighted by atomic mass is 16.3. The lowest BCUT2D eigenvalue weighted by Crippen LogP contribution is -2.48. The number of piperidine rings is 1. The van der Waals surface area contributed by atoms with E-state index in [2.05, 4.69) is 33.8 Å². The molecule has 2 aliphatic rings. The van der Waals surface area contributed by atoms with Crippen molar-refractivity contribution in [3.8, 4) is 0 Å². The summed E-state index contributed by atoms with van der Waals surface area (Å²) in [6, 6.07) is 3.80. The molecule has 31 heavy (non-hydrogen) atoms. The number of nitrogens with zero attached hydrogens (tertiary/aromatic N) is 5. The van der Waals surface area contributed by atoms with Crippen LogP contribution in [0.15, 0.2) is 30.7 Å². The lowest BCUT2D eigenvalue weighted by atomic mass is 9.67. The molecule has 0 saturated carbocycles. The molecule has 1 atom stereocenters. The molecule has 0 radical (unpaired) electrons. The van der Waals surface area contributed by atoms with Gasteiger partial charge in [0.15, 0.2) is 0 Å². The second kappa shape index (κ2) is 8.82. The Morgan fingerprint density at radius 1 is 1.06 bits per heavy atom. The molecule has 0 bridgehead atoms. The first kappa shape index (κ1) is 22.1. The molecule has 1 aliphatic carbocycles. The molecular formula is C24H35N5O2. The minimum atomic E-state index is -1.15. The van der Waals surface area contributed by atoms with Gasteiger partial charge in [0, 0.05) is 61.5 Å². The first-order valence-corrected chi connectivity index (χ1v) is 11.3. The summed E-state index contributed by atoms with van der Waals surface area (Å²) in [5.74, 6) is 0.0377. The van der Waals surface area contributed by atoms with Crippen LogP contribution in [-0.4, -0.2) is 96.1 Å². The minimum absolute atomic E-state index is 0.0325. The van der Waals surface area contributed by atoms with Gasteiger partial charge in [-0.1, -0.05) is 0 Å². The quantitative estimate of drug-likeness (QED) is 0.725. The van der Waals surface area contributed by atoms with Crippen LogP contribution >= 0.6 is 0 Å². The number of rotatable bonds is 7. The standard InChI is InChI=1S/C24H35N5O2/c1-26(2)13-15-28-10-6-18(7-11-28)24(31)20-5-9-25-17-19(20)23(30)22-21(24)8-12-29(22)16-14-27(3)4/h5,8-9,12,17-18,31H,6-7,10-11,13-16H2,1-4H3. The van der Waals surface area contributed by atoms with Crippen LogP contribution in [0.2, 0.25) is 0 Å². The van der Waals surface area contributed by atoms with Crippen molar-refractivity contribution in [2.24, 2.45) is 5.92 Å². The zero-order chi connectivity index (χ0) is 22.2. The Labute approximate surface area is 185 Å². The van der Waals surface area contributed by atoms with Crippen LogP contribution < -0.4 is 0 Å². The fourth-order valence-corrected chi connectivity index (χ4v) is 5.06. The third-order valence-electron chi connectivity index (χ3n) is 6.90. The summed E-state index contributed by atoms with van der Waals surface area (Å²) in [6.07, 6.45) is 7.09. The number of pyridine rings is 1. The SMILES string of the molecule is CN(C)CCN1CCC(C2(O)c3ccncc3C(=O)c3c2ccn3CCN(C)C)CC1. The molecule has 3 heterocycles. The van der Waals surface area contributed by atoms with Gasteiger partial charge in [-0.25, -0.2) is 0 Å². The molecule has 168 valence electrons. The summed E-state index contributed by atoms with van der Waals surface area (Å²) in [5.41, 5.74) is 1.49. The van der Waals surface area contributed by atoms with Crippen molar-refractivity contribution in [1.82, 2.24) is 24.3 Å². The zero-order valence-electron chi connectivity index (χ0n) is 19.2. The summed E-state index contributed by atoms with van der Waals surface area (Å²) >= 11 is 0. The molecule has 4 rings (SSSR count). The van der Waals surface area contributed by atoms with Gasteiger partial charge in [-0.2, -0.15) is 0 Å². The summed E-state index contributed by atoms with van der Waals surface area (Å²) in [7, 11) is 8.25. The molecule has 7 nitrogen and oxygen atoms in total. The molecule has 1 aliphatic heterocycles. The van der Waals surface area contributed by atoms with Gasteiger partial charge in [0.2, 0.25) is 5.78 Å². The van der Waals surface area contributed by atoms with Gasteiger partial charge < -0.3 is 24.4 Å². The molecule has 0 spiro atoms. The van der Waals surface area contributed by atoms with E-state index < -0.39 is 5.60 Å². The summed E-state index contributed by atoms with van der Waals surface area (Å²) < 4.78 is 2.00. The second-order valence-corrected chi connectivity index (χ2v) is 9.51. The van der Waals surface area contributed by atoms with E-state index in [-0.39, 0.29) is 11.7 Å². The van der Waals surface area contributed by atoms with Crippen molar-refractivity contribution in [2.75, 3.05) is 60.9 Å². The van der Waals surface area contributed by atoms with Crippen LogP contribution in [0.3, 0.4) is 0 Å². The highest BCUT2D eigenvalue weighted by molar-refractivity contribution is 6.12. The number of aliphatic hydroxyl groups is 1. The Balaban J connectivity index is 1.67. The van der Waals surface area contributed by atoms with Crippen LogP contribution in [0.1, 0.15) is 40.0 Å². The van der Waals surface area contributed by atoms with Crippen LogP contribution in [-0.2, 0) is 12.1 Å². The van der Waals surface area contributed by atoms with Crippen LogP contribution in [0.25, 0.3) is 0 Å². The lowest BCUT2D eigenvalue weighted by molar-refractivity contribution is -0.0171. The Bertz CT molecular complexity index is 930. The van der Waals surface area contributed by atoms with E-state index in [0.717, 1.165) is 56.7 Å². The van der Waals surface area contributed by atoms with Gasteiger partial charge in [-0.05, 0) is 72.2 Å². The number of carbonyl (C=O) groups is 1. The molecule has 1 saturated heterocycles. The van der Waals surface area contributed by atoms with Crippen molar-refractivity contribution in [2.45, 2.75) is 25.0 Å². The largest absolute Gasteiger partial charge is 0.380 e. The van der Waals surface area contributed by atoms with E-state index in [9.17, 15) is 9.90 Å². The van der Waals surface area contributed by atoms with Gasteiger partial charge in [0.05, 0.1) is 5.69 Å². The van der Waals surface area contributed by atoms with Crippen molar-refractivity contribution >= 4 is 5.78 Å². The maximum atomic E-state index is 13.4. The Kier molecular flexibility index (Phi) is 6.30. The van der Waals surface area contributed by atoms with Gasteiger partial charge in [-0.3, -0.25) is 9.78 Å². The number of hydrogen-bond acceptors (Lipinski definition) is 6. The van der Waals surface area contributed by atoms with Crippen molar-refractivity contribution < 1.29 is 9.90 Å². The predicted molar refractivity (Wildman–Crippen MR) is 121 cm³/mol. The third-order valence-corrected chi connectivity index (χ3v) is 6.90. The molecule has 0 amide bonds. The molecule has 2 aromatic rings. The predicted octanol–water partition coefficient (Wildman–Crippen LogP) is 1.50. The Morgan fingerprint density at radius 3 is 2.42 bits per heavy atom. The molecule has 1 N–H and O–H groups in total. The third kappa shape index (κ3) is 4.07. The zero-order valence-corrected chi connectivity index (χ0v) is 19.2. The molecule has 1 fully saturated rings. The second-order valence-electron chi connectivity index (χ2n) is 9.51.